The molecule has 0 aliphatic rings. The van der Waals surface area contributed by atoms with E-state index in [9.17, 15) is 14.7 Å². The molecule has 2 N–H and O–H groups in total. The first-order valence-corrected chi connectivity index (χ1v) is 9.57. The van der Waals surface area contributed by atoms with Gasteiger partial charge in [0, 0.05) is 11.6 Å². The number of aromatic hydroxyl groups is 1. The number of nitrogens with one attached hydrogen (secondary N) is 1. The molecule has 0 radical (unpaired) electrons. The summed E-state index contributed by atoms with van der Waals surface area (Å²) in [4.78, 5) is 24.6. The Morgan fingerprint density at radius 3 is 2.13 bits per heavy atom. The second-order valence-electron chi connectivity index (χ2n) is 6.14. The van der Waals surface area contributed by atoms with Crippen molar-refractivity contribution < 1.29 is 28.5 Å². The number of hydrogen-bond donors (Lipinski definition) is 2. The van der Waals surface area contributed by atoms with Crippen LogP contribution < -0.4 is 25.3 Å². The number of carbonyl (C=O) groups excluding carboxylic acids is 1. The third-order valence-corrected chi connectivity index (χ3v) is 3.91. The number of rotatable bonds is 9. The van der Waals surface area contributed by atoms with Crippen LogP contribution in [-0.2, 0) is 0 Å². The minimum atomic E-state index is -0.749. The van der Waals surface area contributed by atoms with Crippen LogP contribution in [0.2, 0.25) is 0 Å². The Balaban J connectivity index is 2.36. The van der Waals surface area contributed by atoms with E-state index in [1.54, 1.807) is 0 Å². The van der Waals surface area contributed by atoms with Gasteiger partial charge < -0.3 is 23.7 Å². The molecule has 0 aliphatic carbocycles. The van der Waals surface area contributed by atoms with Crippen LogP contribution >= 0.6 is 0 Å². The summed E-state index contributed by atoms with van der Waals surface area (Å²) in [5.41, 5.74) is 1.80. The quantitative estimate of drug-likeness (QED) is 0.474. The number of carbonyl (C=O) groups is 1. The first-order valence-electron chi connectivity index (χ1n) is 9.57. The molecule has 162 valence electrons. The number of nitrogens with zero attached hydrogens (tertiary/aromatic N) is 1. The molecule has 0 aliphatic heterocycles. The van der Waals surface area contributed by atoms with Crippen molar-refractivity contribution in [1.29, 1.82) is 0 Å². The molecule has 0 spiro atoms. The Bertz CT molecular complexity index is 968. The van der Waals surface area contributed by atoms with Gasteiger partial charge in [-0.3, -0.25) is 4.79 Å². The standard InChI is InChI=1S/C21H26N2O7/c1-6-27-16-10-14(11-17(28-7-2)19(16)29-8-3)20(25)23-22-13(5)18-15(24)9-12(4)30-21(18)26/h9-11,24H,6-8H2,1-5H3,(H,23,25)/b22-13+. The topological polar surface area (TPSA) is 120 Å². The fourth-order valence-electron chi connectivity index (χ4n) is 2.70. The van der Waals surface area contributed by atoms with Crippen molar-refractivity contribution >= 4 is 11.6 Å². The zero-order chi connectivity index (χ0) is 22.3. The summed E-state index contributed by atoms with van der Waals surface area (Å²) in [6.45, 7) is 9.62. The SMILES string of the molecule is CCOc1cc(C(=O)N/N=C(\C)c2c(O)cc(C)oc2=O)cc(OCC)c1OCC. The number of hydrogen-bond acceptors (Lipinski definition) is 8. The highest BCUT2D eigenvalue weighted by Crippen LogP contribution is 2.39. The Morgan fingerprint density at radius 2 is 1.63 bits per heavy atom. The lowest BCUT2D eigenvalue weighted by Crippen LogP contribution is -2.22. The normalized spacial score (nSPS) is 11.2. The average molecular weight is 418 g/mol. The van der Waals surface area contributed by atoms with E-state index >= 15 is 0 Å². The molecule has 9 nitrogen and oxygen atoms in total. The summed E-state index contributed by atoms with van der Waals surface area (Å²) in [6, 6.07) is 4.34. The predicted molar refractivity (Wildman–Crippen MR) is 111 cm³/mol. The summed E-state index contributed by atoms with van der Waals surface area (Å²) in [5.74, 6) is 0.577. The lowest BCUT2D eigenvalue weighted by molar-refractivity contribution is 0.0953. The van der Waals surface area contributed by atoms with Crippen molar-refractivity contribution in [2.75, 3.05) is 19.8 Å². The monoisotopic (exact) mass is 418 g/mol. The van der Waals surface area contributed by atoms with E-state index in [1.807, 2.05) is 20.8 Å². The first kappa shape index (κ1) is 22.8. The Morgan fingerprint density at radius 1 is 1.07 bits per heavy atom. The minimum absolute atomic E-state index is 0.0931. The van der Waals surface area contributed by atoms with E-state index in [2.05, 4.69) is 10.5 Å². The maximum atomic E-state index is 12.7. The summed E-state index contributed by atoms with van der Waals surface area (Å²) >= 11 is 0. The van der Waals surface area contributed by atoms with Gasteiger partial charge in [-0.2, -0.15) is 5.10 Å². The van der Waals surface area contributed by atoms with Gasteiger partial charge in [0.05, 0.1) is 25.5 Å². The first-order chi connectivity index (χ1) is 14.3. The molecule has 1 aromatic heterocycles. The van der Waals surface area contributed by atoms with Crippen LogP contribution in [0.25, 0.3) is 0 Å². The molecule has 0 fully saturated rings. The van der Waals surface area contributed by atoms with E-state index in [1.165, 1.54) is 32.0 Å². The molecule has 0 unspecified atom stereocenters. The summed E-state index contributed by atoms with van der Waals surface area (Å²) < 4.78 is 21.8. The molecule has 0 atom stereocenters. The van der Waals surface area contributed by atoms with Gasteiger partial charge in [0.2, 0.25) is 5.75 Å². The largest absolute Gasteiger partial charge is 0.507 e. The summed E-state index contributed by atoms with van der Waals surface area (Å²) in [7, 11) is 0. The van der Waals surface area contributed by atoms with Crippen LogP contribution in [0.4, 0.5) is 0 Å². The van der Waals surface area contributed by atoms with Crippen LogP contribution in [-0.4, -0.2) is 36.5 Å². The third kappa shape index (κ3) is 5.31. The second-order valence-corrected chi connectivity index (χ2v) is 6.14. The van der Waals surface area contributed by atoms with Gasteiger partial charge in [-0.1, -0.05) is 0 Å². The molecule has 30 heavy (non-hydrogen) atoms. The summed E-state index contributed by atoms with van der Waals surface area (Å²) in [5, 5.41) is 13.9. The molecular weight excluding hydrogens is 392 g/mol. The highest BCUT2D eigenvalue weighted by molar-refractivity contribution is 6.02. The Hall–Kier alpha value is -3.49. The van der Waals surface area contributed by atoms with Crippen molar-refractivity contribution in [3.05, 3.63) is 45.5 Å². The number of benzene rings is 1. The maximum absolute atomic E-state index is 12.7. The molecule has 1 heterocycles. The average Bonchev–Trinajstić information content (AvgIpc) is 2.68. The zero-order valence-corrected chi connectivity index (χ0v) is 17.7. The van der Waals surface area contributed by atoms with Gasteiger partial charge in [-0.15, -0.1) is 0 Å². The number of amides is 1. The maximum Gasteiger partial charge on any atom is 0.348 e. The van der Waals surface area contributed by atoms with Crippen molar-refractivity contribution in [1.82, 2.24) is 5.43 Å². The molecule has 1 amide bonds. The van der Waals surface area contributed by atoms with E-state index in [4.69, 9.17) is 18.6 Å². The molecular formula is C21H26N2O7. The third-order valence-electron chi connectivity index (χ3n) is 3.91. The second kappa shape index (κ2) is 10.3. The highest BCUT2D eigenvalue weighted by Gasteiger charge is 2.19. The molecule has 0 saturated carbocycles. The van der Waals surface area contributed by atoms with Gasteiger partial charge in [0.25, 0.3) is 5.91 Å². The van der Waals surface area contributed by atoms with Crippen LogP contribution in [0.5, 0.6) is 23.0 Å². The Labute approximate surface area is 174 Å². The van der Waals surface area contributed by atoms with Crippen LogP contribution in [0, 0.1) is 6.92 Å². The predicted octanol–water partition coefficient (Wildman–Crippen LogP) is 3.00. The minimum Gasteiger partial charge on any atom is -0.507 e. The van der Waals surface area contributed by atoms with Crippen molar-refractivity contribution in [2.24, 2.45) is 5.10 Å². The van der Waals surface area contributed by atoms with E-state index in [0.29, 0.717) is 37.1 Å². The van der Waals surface area contributed by atoms with E-state index < -0.39 is 11.5 Å². The zero-order valence-electron chi connectivity index (χ0n) is 17.7. The van der Waals surface area contributed by atoms with E-state index in [-0.39, 0.29) is 28.3 Å². The molecule has 0 bridgehead atoms. The van der Waals surface area contributed by atoms with Crippen molar-refractivity contribution in [3.8, 4) is 23.0 Å². The van der Waals surface area contributed by atoms with E-state index in [0.717, 1.165) is 0 Å². The van der Waals surface area contributed by atoms with Crippen molar-refractivity contribution in [3.63, 3.8) is 0 Å². The van der Waals surface area contributed by atoms with Gasteiger partial charge >= 0.3 is 5.63 Å². The lowest BCUT2D eigenvalue weighted by atomic mass is 10.1. The molecule has 2 rings (SSSR count). The van der Waals surface area contributed by atoms with Crippen LogP contribution in [0.1, 0.15) is 49.4 Å². The Kier molecular flexibility index (Phi) is 7.85. The number of hydrazone groups is 1. The molecule has 2 aromatic rings. The fraction of sp³-hybridized carbons (Fsp3) is 0.381. The van der Waals surface area contributed by atoms with Gasteiger partial charge in [-0.05, 0) is 46.8 Å². The van der Waals surface area contributed by atoms with Gasteiger partial charge in [0.15, 0.2) is 11.5 Å². The molecule has 0 saturated heterocycles. The van der Waals surface area contributed by atoms with Gasteiger partial charge in [-0.25, -0.2) is 10.2 Å². The van der Waals surface area contributed by atoms with Crippen molar-refractivity contribution in [2.45, 2.75) is 34.6 Å². The van der Waals surface area contributed by atoms with Gasteiger partial charge in [0.1, 0.15) is 17.1 Å². The lowest BCUT2D eigenvalue weighted by Gasteiger charge is -2.16. The smallest absolute Gasteiger partial charge is 0.348 e. The number of ether oxygens (including phenoxy) is 3. The molecule has 9 heteroatoms. The molecule has 1 aromatic carbocycles. The summed E-state index contributed by atoms with van der Waals surface area (Å²) in [6.07, 6.45) is 0. The van der Waals surface area contributed by atoms with Crippen LogP contribution in [0.3, 0.4) is 0 Å². The fourth-order valence-corrected chi connectivity index (χ4v) is 2.70. The highest BCUT2D eigenvalue weighted by atomic mass is 16.5. The number of aryl methyl sites for hydroxylation is 1. The van der Waals surface area contributed by atoms with Crippen LogP contribution in [0.15, 0.2) is 32.5 Å².